The summed E-state index contributed by atoms with van der Waals surface area (Å²) >= 11 is 0. The van der Waals surface area contributed by atoms with E-state index in [1.807, 2.05) is 0 Å². The largest absolute Gasteiger partial charge is 0.463 e. The Balaban J connectivity index is 2.27. The van der Waals surface area contributed by atoms with Gasteiger partial charge in [-0.3, -0.25) is 4.79 Å². The summed E-state index contributed by atoms with van der Waals surface area (Å²) in [4.78, 5) is 12.0. The molecule has 0 bridgehead atoms. The first-order chi connectivity index (χ1) is 8.72. The van der Waals surface area contributed by atoms with E-state index in [2.05, 4.69) is 13.8 Å². The van der Waals surface area contributed by atoms with Crippen LogP contribution in [0.3, 0.4) is 0 Å². The van der Waals surface area contributed by atoms with Crippen LogP contribution in [0.4, 0.5) is 0 Å². The standard InChI is InChI=1S/C14H26O4/c1-3-11-9-12(4-2)13(10-11)14(16)18-8-7-17-6-5-15/h11-13,15H,3-10H2,1-2H3. The van der Waals surface area contributed by atoms with Crippen molar-refractivity contribution in [2.75, 3.05) is 26.4 Å². The highest BCUT2D eigenvalue weighted by atomic mass is 16.6. The average Bonchev–Trinajstić information content (AvgIpc) is 2.81. The van der Waals surface area contributed by atoms with Gasteiger partial charge in [-0.1, -0.05) is 26.7 Å². The Morgan fingerprint density at radius 2 is 1.94 bits per heavy atom. The minimum atomic E-state index is -0.0644. The molecule has 0 aromatic heterocycles. The highest BCUT2D eigenvalue weighted by Crippen LogP contribution is 2.40. The maximum atomic E-state index is 12.0. The molecule has 0 radical (unpaired) electrons. The van der Waals surface area contributed by atoms with Crippen molar-refractivity contribution >= 4 is 5.97 Å². The maximum Gasteiger partial charge on any atom is 0.309 e. The molecule has 4 heteroatoms. The second kappa shape index (κ2) is 8.48. The molecular weight excluding hydrogens is 232 g/mol. The molecule has 3 unspecified atom stereocenters. The third kappa shape index (κ3) is 4.58. The molecule has 1 fully saturated rings. The van der Waals surface area contributed by atoms with Crippen molar-refractivity contribution in [2.24, 2.45) is 17.8 Å². The minimum Gasteiger partial charge on any atom is -0.463 e. The van der Waals surface area contributed by atoms with E-state index < -0.39 is 0 Å². The molecule has 0 saturated heterocycles. The van der Waals surface area contributed by atoms with Gasteiger partial charge in [0.25, 0.3) is 0 Å². The number of aliphatic hydroxyl groups is 1. The van der Waals surface area contributed by atoms with Gasteiger partial charge in [0.1, 0.15) is 6.61 Å². The van der Waals surface area contributed by atoms with E-state index in [1.165, 1.54) is 0 Å². The normalized spacial score (nSPS) is 27.4. The van der Waals surface area contributed by atoms with Crippen LogP contribution in [-0.2, 0) is 14.3 Å². The second-order valence-corrected chi connectivity index (χ2v) is 5.02. The predicted molar refractivity (Wildman–Crippen MR) is 69.1 cm³/mol. The van der Waals surface area contributed by atoms with Gasteiger partial charge < -0.3 is 14.6 Å². The summed E-state index contributed by atoms with van der Waals surface area (Å²) in [6.45, 7) is 5.31. The first-order valence-electron chi connectivity index (χ1n) is 7.08. The quantitative estimate of drug-likeness (QED) is 0.534. The molecule has 0 aliphatic heterocycles. The zero-order chi connectivity index (χ0) is 13.4. The molecule has 1 saturated carbocycles. The fraction of sp³-hybridized carbons (Fsp3) is 0.929. The van der Waals surface area contributed by atoms with Gasteiger partial charge in [-0.05, 0) is 24.7 Å². The Bertz CT molecular complexity index is 242. The number of hydrogen-bond donors (Lipinski definition) is 1. The molecule has 4 nitrogen and oxygen atoms in total. The SMILES string of the molecule is CCC1CC(CC)C(C(=O)OCCOCCO)C1. The number of carbonyl (C=O) groups is 1. The molecule has 0 aromatic rings. The Kier molecular flexibility index (Phi) is 7.28. The number of ether oxygens (including phenoxy) is 2. The molecular formula is C14H26O4. The van der Waals surface area contributed by atoms with E-state index in [-0.39, 0.29) is 18.5 Å². The monoisotopic (exact) mass is 258 g/mol. The molecule has 0 aromatic carbocycles. The first-order valence-corrected chi connectivity index (χ1v) is 7.08. The zero-order valence-corrected chi connectivity index (χ0v) is 11.6. The first kappa shape index (κ1) is 15.4. The van der Waals surface area contributed by atoms with Crippen molar-refractivity contribution < 1.29 is 19.4 Å². The van der Waals surface area contributed by atoms with Gasteiger partial charge in [-0.25, -0.2) is 0 Å². The molecule has 0 amide bonds. The Labute approximate surface area is 110 Å². The second-order valence-electron chi connectivity index (χ2n) is 5.02. The number of carbonyl (C=O) groups excluding carboxylic acids is 1. The predicted octanol–water partition coefficient (Wildman–Crippen LogP) is 2.00. The number of hydrogen-bond acceptors (Lipinski definition) is 4. The molecule has 0 heterocycles. The van der Waals surface area contributed by atoms with Crippen molar-refractivity contribution in [3.8, 4) is 0 Å². The lowest BCUT2D eigenvalue weighted by Gasteiger charge is -2.16. The number of aliphatic hydroxyl groups excluding tert-OH is 1. The Hall–Kier alpha value is -0.610. The summed E-state index contributed by atoms with van der Waals surface area (Å²) < 4.78 is 10.3. The van der Waals surface area contributed by atoms with Gasteiger partial charge in [0.2, 0.25) is 0 Å². The van der Waals surface area contributed by atoms with Gasteiger partial charge >= 0.3 is 5.97 Å². The van der Waals surface area contributed by atoms with Crippen LogP contribution in [0.15, 0.2) is 0 Å². The van der Waals surface area contributed by atoms with Crippen LogP contribution < -0.4 is 0 Å². The lowest BCUT2D eigenvalue weighted by atomic mass is 9.94. The summed E-state index contributed by atoms with van der Waals surface area (Å²) in [5.74, 6) is 1.18. The highest BCUT2D eigenvalue weighted by Gasteiger charge is 2.37. The van der Waals surface area contributed by atoms with Crippen LogP contribution in [0.1, 0.15) is 39.5 Å². The average molecular weight is 258 g/mol. The Morgan fingerprint density at radius 1 is 1.17 bits per heavy atom. The summed E-state index contributed by atoms with van der Waals surface area (Å²) in [6, 6.07) is 0. The molecule has 1 aliphatic rings. The summed E-state index contributed by atoms with van der Waals surface area (Å²) in [7, 11) is 0. The van der Waals surface area contributed by atoms with Crippen molar-refractivity contribution in [1.29, 1.82) is 0 Å². The number of rotatable bonds is 8. The van der Waals surface area contributed by atoms with E-state index in [4.69, 9.17) is 14.6 Å². The summed E-state index contributed by atoms with van der Waals surface area (Å²) in [5, 5.41) is 8.54. The van der Waals surface area contributed by atoms with Crippen LogP contribution in [-0.4, -0.2) is 37.5 Å². The summed E-state index contributed by atoms with van der Waals surface area (Å²) in [5.41, 5.74) is 0. The van der Waals surface area contributed by atoms with E-state index >= 15 is 0 Å². The van der Waals surface area contributed by atoms with Crippen LogP contribution in [0.2, 0.25) is 0 Å². The van der Waals surface area contributed by atoms with E-state index in [9.17, 15) is 4.79 Å². The van der Waals surface area contributed by atoms with Crippen molar-refractivity contribution in [2.45, 2.75) is 39.5 Å². The van der Waals surface area contributed by atoms with Gasteiger partial charge in [0.05, 0.1) is 25.7 Å². The highest BCUT2D eigenvalue weighted by molar-refractivity contribution is 5.73. The molecule has 1 N–H and O–H groups in total. The van der Waals surface area contributed by atoms with Crippen LogP contribution >= 0.6 is 0 Å². The van der Waals surface area contributed by atoms with Crippen molar-refractivity contribution in [1.82, 2.24) is 0 Å². The van der Waals surface area contributed by atoms with Crippen LogP contribution in [0.5, 0.6) is 0 Å². The molecule has 1 rings (SSSR count). The molecule has 0 spiro atoms. The zero-order valence-electron chi connectivity index (χ0n) is 11.6. The lowest BCUT2D eigenvalue weighted by Crippen LogP contribution is -2.23. The third-order valence-electron chi connectivity index (χ3n) is 3.90. The van der Waals surface area contributed by atoms with E-state index in [1.54, 1.807) is 0 Å². The fourth-order valence-electron chi connectivity index (χ4n) is 2.79. The van der Waals surface area contributed by atoms with E-state index in [0.717, 1.165) is 25.7 Å². The summed E-state index contributed by atoms with van der Waals surface area (Å²) in [6.07, 6.45) is 4.34. The molecule has 106 valence electrons. The molecule has 1 aliphatic carbocycles. The van der Waals surface area contributed by atoms with Crippen molar-refractivity contribution in [3.05, 3.63) is 0 Å². The van der Waals surface area contributed by atoms with Crippen molar-refractivity contribution in [3.63, 3.8) is 0 Å². The van der Waals surface area contributed by atoms with Gasteiger partial charge in [-0.2, -0.15) is 0 Å². The minimum absolute atomic E-state index is 0.00661. The fourth-order valence-corrected chi connectivity index (χ4v) is 2.79. The van der Waals surface area contributed by atoms with Gasteiger partial charge in [-0.15, -0.1) is 0 Å². The topological polar surface area (TPSA) is 55.8 Å². The third-order valence-corrected chi connectivity index (χ3v) is 3.90. The molecule has 18 heavy (non-hydrogen) atoms. The van der Waals surface area contributed by atoms with Crippen LogP contribution in [0, 0.1) is 17.8 Å². The smallest absolute Gasteiger partial charge is 0.309 e. The van der Waals surface area contributed by atoms with E-state index in [0.29, 0.717) is 31.7 Å². The lowest BCUT2D eigenvalue weighted by molar-refractivity contribution is -0.151. The number of esters is 1. The maximum absolute atomic E-state index is 12.0. The molecule has 3 atom stereocenters. The van der Waals surface area contributed by atoms with Crippen LogP contribution in [0.25, 0.3) is 0 Å². The van der Waals surface area contributed by atoms with Gasteiger partial charge in [0.15, 0.2) is 0 Å². The Morgan fingerprint density at radius 3 is 2.56 bits per heavy atom. The van der Waals surface area contributed by atoms with Gasteiger partial charge in [0, 0.05) is 0 Å².